The van der Waals surface area contributed by atoms with E-state index in [-0.39, 0.29) is 5.84 Å². The van der Waals surface area contributed by atoms with Crippen molar-refractivity contribution < 1.29 is 9.47 Å². The van der Waals surface area contributed by atoms with E-state index in [2.05, 4.69) is 20.1 Å². The number of benzene rings is 2. The zero-order chi connectivity index (χ0) is 21.6. The normalized spacial score (nSPS) is 16.2. The molecule has 9 nitrogen and oxygen atoms in total. The van der Waals surface area contributed by atoms with Crippen molar-refractivity contribution >= 4 is 17.4 Å². The Kier molecular flexibility index (Phi) is 6.42. The Labute approximate surface area is 181 Å². The molecule has 0 saturated carbocycles. The monoisotopic (exact) mass is 421 g/mol. The summed E-state index contributed by atoms with van der Waals surface area (Å²) in [7, 11) is 1.66. The number of hydrogen-bond acceptors (Lipinski definition) is 7. The van der Waals surface area contributed by atoms with Crippen LogP contribution >= 0.6 is 0 Å². The number of nitrogens with one attached hydrogen (secondary N) is 1. The van der Waals surface area contributed by atoms with Crippen LogP contribution in [0, 0.1) is 5.41 Å². The van der Waals surface area contributed by atoms with Gasteiger partial charge in [0.15, 0.2) is 5.75 Å². The molecule has 0 aliphatic carbocycles. The number of ether oxygens (including phenoxy) is 2. The van der Waals surface area contributed by atoms with E-state index in [0.717, 1.165) is 73.5 Å². The molecule has 0 bridgehead atoms. The lowest BCUT2D eigenvalue weighted by atomic mass is 10.1. The van der Waals surface area contributed by atoms with Crippen LogP contribution in [0.25, 0.3) is 0 Å². The number of piperazine rings is 1. The van der Waals surface area contributed by atoms with Gasteiger partial charge in [-0.25, -0.2) is 4.99 Å². The Morgan fingerprint density at radius 1 is 1.16 bits per heavy atom. The SMILES string of the molecule is COc1ccc2c(c1)C(N1CCN(CCCC(=N)N=NN)CC1)=Nc1ccccc1O2. The van der Waals surface area contributed by atoms with E-state index in [4.69, 9.17) is 25.7 Å². The van der Waals surface area contributed by atoms with Crippen LogP contribution in [0.3, 0.4) is 0 Å². The summed E-state index contributed by atoms with van der Waals surface area (Å²) in [5, 5.41) is 14.4. The fourth-order valence-electron chi connectivity index (χ4n) is 3.84. The van der Waals surface area contributed by atoms with Crippen LogP contribution in [0.2, 0.25) is 0 Å². The number of fused-ring (bicyclic) bond motifs is 2. The zero-order valence-corrected chi connectivity index (χ0v) is 17.6. The smallest absolute Gasteiger partial charge is 0.153 e. The van der Waals surface area contributed by atoms with E-state index < -0.39 is 0 Å². The second kappa shape index (κ2) is 9.57. The highest BCUT2D eigenvalue weighted by atomic mass is 16.5. The predicted molar refractivity (Wildman–Crippen MR) is 120 cm³/mol. The third-order valence-corrected chi connectivity index (χ3v) is 5.48. The number of hydrogen-bond donors (Lipinski definition) is 2. The van der Waals surface area contributed by atoms with E-state index in [1.54, 1.807) is 7.11 Å². The van der Waals surface area contributed by atoms with E-state index in [1.807, 2.05) is 42.5 Å². The van der Waals surface area contributed by atoms with Crippen molar-refractivity contribution in [1.29, 1.82) is 5.41 Å². The van der Waals surface area contributed by atoms with Gasteiger partial charge in [0.1, 0.15) is 28.9 Å². The number of nitrogens with zero attached hydrogens (tertiary/aromatic N) is 5. The Bertz CT molecular complexity index is 997. The van der Waals surface area contributed by atoms with Gasteiger partial charge in [-0.3, -0.25) is 10.3 Å². The molecule has 0 amide bonds. The zero-order valence-electron chi connectivity index (χ0n) is 17.6. The Hall–Kier alpha value is -3.46. The van der Waals surface area contributed by atoms with Crippen molar-refractivity contribution in [3.05, 3.63) is 48.0 Å². The van der Waals surface area contributed by atoms with Gasteiger partial charge in [0.05, 0.1) is 12.7 Å². The number of nitrogens with two attached hydrogens (primary N) is 1. The molecule has 2 heterocycles. The molecule has 162 valence electrons. The molecule has 0 radical (unpaired) electrons. The second-order valence-electron chi connectivity index (χ2n) is 7.46. The number of aliphatic imine (C=N–C) groups is 1. The average Bonchev–Trinajstić information content (AvgIpc) is 2.96. The second-order valence-corrected chi connectivity index (χ2v) is 7.46. The largest absolute Gasteiger partial charge is 0.497 e. The molecule has 2 aliphatic heterocycles. The first-order chi connectivity index (χ1) is 15.2. The van der Waals surface area contributed by atoms with Gasteiger partial charge >= 0.3 is 0 Å². The topological polar surface area (TPSA) is 112 Å². The molecule has 3 N–H and O–H groups in total. The third kappa shape index (κ3) is 4.83. The molecule has 1 saturated heterocycles. The average molecular weight is 422 g/mol. The lowest BCUT2D eigenvalue weighted by Crippen LogP contribution is -2.49. The molecule has 4 rings (SSSR count). The number of rotatable bonds is 5. The Morgan fingerprint density at radius 3 is 2.74 bits per heavy atom. The molecule has 0 spiro atoms. The summed E-state index contributed by atoms with van der Waals surface area (Å²) in [6.45, 7) is 4.48. The van der Waals surface area contributed by atoms with E-state index >= 15 is 0 Å². The molecule has 9 heteroatoms. The van der Waals surface area contributed by atoms with Crippen LogP contribution in [0.4, 0.5) is 5.69 Å². The van der Waals surface area contributed by atoms with Gasteiger partial charge in [-0.15, -0.1) is 5.11 Å². The molecule has 2 aliphatic rings. The maximum atomic E-state index is 7.65. The van der Waals surface area contributed by atoms with E-state index in [9.17, 15) is 0 Å². The first-order valence-electron chi connectivity index (χ1n) is 10.4. The Balaban J connectivity index is 1.50. The van der Waals surface area contributed by atoms with Crippen molar-refractivity contribution in [2.75, 3.05) is 39.8 Å². The summed E-state index contributed by atoms with van der Waals surface area (Å²) < 4.78 is 11.6. The number of amidine groups is 2. The summed E-state index contributed by atoms with van der Waals surface area (Å²) in [6, 6.07) is 13.7. The lowest BCUT2D eigenvalue weighted by Gasteiger charge is -2.36. The van der Waals surface area contributed by atoms with Crippen molar-refractivity contribution in [3.63, 3.8) is 0 Å². The molecule has 2 aromatic carbocycles. The molecular weight excluding hydrogens is 394 g/mol. The quantitative estimate of drug-likeness (QED) is 0.252. The first-order valence-corrected chi connectivity index (χ1v) is 10.4. The van der Waals surface area contributed by atoms with Crippen molar-refractivity contribution in [3.8, 4) is 17.2 Å². The fraction of sp³-hybridized carbons (Fsp3) is 0.364. The van der Waals surface area contributed by atoms with E-state index in [1.165, 1.54) is 0 Å². The summed E-state index contributed by atoms with van der Waals surface area (Å²) in [5.74, 6) is 8.43. The predicted octanol–water partition coefficient (Wildman–Crippen LogP) is 3.58. The van der Waals surface area contributed by atoms with Gasteiger partial charge in [0.25, 0.3) is 0 Å². The molecule has 31 heavy (non-hydrogen) atoms. The number of para-hydroxylation sites is 2. The van der Waals surface area contributed by atoms with Crippen molar-refractivity contribution in [1.82, 2.24) is 9.80 Å². The van der Waals surface area contributed by atoms with Crippen LogP contribution in [0.5, 0.6) is 17.2 Å². The van der Waals surface area contributed by atoms with Crippen LogP contribution in [-0.4, -0.2) is 61.3 Å². The molecule has 0 aromatic heterocycles. The van der Waals surface area contributed by atoms with Crippen LogP contribution in [0.1, 0.15) is 18.4 Å². The van der Waals surface area contributed by atoms with Gasteiger partial charge < -0.3 is 20.2 Å². The maximum absolute atomic E-state index is 7.65. The van der Waals surface area contributed by atoms with Crippen LogP contribution in [-0.2, 0) is 0 Å². The molecule has 0 atom stereocenters. The van der Waals surface area contributed by atoms with Gasteiger partial charge in [-0.2, -0.15) is 0 Å². The minimum atomic E-state index is 0.221. The van der Waals surface area contributed by atoms with Crippen molar-refractivity contribution in [2.24, 2.45) is 21.2 Å². The van der Waals surface area contributed by atoms with E-state index in [0.29, 0.717) is 6.42 Å². The molecule has 1 fully saturated rings. The summed E-state index contributed by atoms with van der Waals surface area (Å²) >= 11 is 0. The minimum Gasteiger partial charge on any atom is -0.497 e. The molecular formula is C22H27N7O2. The van der Waals surface area contributed by atoms with Crippen LogP contribution < -0.4 is 15.3 Å². The summed E-state index contributed by atoms with van der Waals surface area (Å²) in [5.41, 5.74) is 1.76. The first kappa shape index (κ1) is 20.8. The summed E-state index contributed by atoms with van der Waals surface area (Å²) in [6.07, 6.45) is 1.44. The molecule has 0 unspecified atom stereocenters. The Morgan fingerprint density at radius 2 is 1.97 bits per heavy atom. The van der Waals surface area contributed by atoms with Crippen LogP contribution in [0.15, 0.2) is 57.8 Å². The standard InChI is InChI=1S/C22H27N7O2/c1-30-16-8-9-19-17(15-16)22(25-18-5-2-3-6-20(18)31-19)29-13-11-28(12-14-29)10-4-7-21(23)26-27-24/h2-3,5-6,8-9,15H,4,7,10-14H2,1H3,(H3,23,24,26). The summed E-state index contributed by atoms with van der Waals surface area (Å²) in [4.78, 5) is 9.70. The molecule has 2 aromatic rings. The maximum Gasteiger partial charge on any atom is 0.153 e. The van der Waals surface area contributed by atoms with Gasteiger partial charge in [0.2, 0.25) is 0 Å². The third-order valence-electron chi connectivity index (χ3n) is 5.48. The minimum absolute atomic E-state index is 0.221. The highest BCUT2D eigenvalue weighted by Crippen LogP contribution is 2.39. The van der Waals surface area contributed by atoms with Gasteiger partial charge in [-0.1, -0.05) is 17.4 Å². The number of methoxy groups -OCH3 is 1. The lowest BCUT2D eigenvalue weighted by molar-refractivity contribution is 0.181. The highest BCUT2D eigenvalue weighted by molar-refractivity contribution is 6.04. The highest BCUT2D eigenvalue weighted by Gasteiger charge is 2.26. The van der Waals surface area contributed by atoms with Gasteiger partial charge in [-0.05, 0) is 43.3 Å². The fourth-order valence-corrected chi connectivity index (χ4v) is 3.84. The van der Waals surface area contributed by atoms with Crippen molar-refractivity contribution in [2.45, 2.75) is 12.8 Å². The van der Waals surface area contributed by atoms with Gasteiger partial charge in [0, 0.05) is 32.6 Å².